The molecule has 2 aliphatic heterocycles. The van der Waals surface area contributed by atoms with Crippen LogP contribution in [0, 0.1) is 0 Å². The van der Waals surface area contributed by atoms with Crippen molar-refractivity contribution in [3.8, 4) is 5.75 Å². The third-order valence-electron chi connectivity index (χ3n) is 8.06. The van der Waals surface area contributed by atoms with Crippen molar-refractivity contribution in [3.05, 3.63) is 30.3 Å². The molecule has 0 unspecified atom stereocenters. The molecule has 3 rings (SSSR count). The Morgan fingerprint density at radius 3 is 1.36 bits per heavy atom. The summed E-state index contributed by atoms with van der Waals surface area (Å²) in [6.45, 7) is 17.6. The average molecular weight is 481 g/mol. The highest BCUT2D eigenvalue weighted by Gasteiger charge is 2.49. The van der Waals surface area contributed by atoms with Crippen LogP contribution in [-0.2, 0) is 13.6 Å². The Morgan fingerprint density at radius 2 is 1.03 bits per heavy atom. The van der Waals surface area contributed by atoms with Gasteiger partial charge < -0.3 is 4.52 Å². The molecule has 0 radical (unpaired) electrons. The third kappa shape index (κ3) is 6.02. The summed E-state index contributed by atoms with van der Waals surface area (Å²) in [6, 6.07) is 9.23. The Balaban J connectivity index is 1.87. The number of hydrogen-bond donors (Lipinski definition) is 0. The third-order valence-corrected chi connectivity index (χ3v) is 9.60. The standard InChI is InChI=1S/C26H45N2O4P/c1-23(2)16-21(17-24(3,4)27(23)9)31-33(29,30-20-14-12-11-13-15-20)32-22-18-25(5,6)28(10)26(7,8)19-22/h11-15,21-22H,16-19H2,1-10H3. The van der Waals surface area contributed by atoms with Crippen molar-refractivity contribution < 1.29 is 18.1 Å². The highest BCUT2D eigenvalue weighted by Crippen LogP contribution is 2.56. The van der Waals surface area contributed by atoms with Crippen LogP contribution in [0.5, 0.6) is 5.75 Å². The Bertz CT molecular complexity index is 784. The molecule has 2 fully saturated rings. The molecular weight excluding hydrogens is 435 g/mol. The van der Waals surface area contributed by atoms with Crippen LogP contribution in [-0.4, -0.2) is 58.3 Å². The van der Waals surface area contributed by atoms with E-state index in [0.29, 0.717) is 5.75 Å². The molecule has 0 bridgehead atoms. The second-order valence-electron chi connectivity index (χ2n) is 12.5. The number of nitrogens with zero attached hydrogens (tertiary/aromatic N) is 2. The van der Waals surface area contributed by atoms with Crippen LogP contribution >= 0.6 is 7.82 Å². The van der Waals surface area contributed by atoms with Crippen molar-refractivity contribution in [1.29, 1.82) is 0 Å². The maximum Gasteiger partial charge on any atom is 0.530 e. The summed E-state index contributed by atoms with van der Waals surface area (Å²) in [7, 11) is 0.416. The van der Waals surface area contributed by atoms with E-state index in [-0.39, 0.29) is 34.4 Å². The highest BCUT2D eigenvalue weighted by atomic mass is 31.2. The lowest BCUT2D eigenvalue weighted by Crippen LogP contribution is -2.60. The van der Waals surface area contributed by atoms with E-state index in [0.717, 1.165) is 25.7 Å². The highest BCUT2D eigenvalue weighted by molar-refractivity contribution is 7.49. The summed E-state index contributed by atoms with van der Waals surface area (Å²) in [6.07, 6.45) is 2.55. The molecule has 2 heterocycles. The number of phosphoric acid groups is 1. The van der Waals surface area contributed by atoms with Gasteiger partial charge in [-0.25, -0.2) is 4.57 Å². The molecule has 6 nitrogen and oxygen atoms in total. The molecule has 0 spiro atoms. The van der Waals surface area contributed by atoms with Gasteiger partial charge in [-0.3, -0.25) is 18.8 Å². The Hall–Kier alpha value is -0.910. The van der Waals surface area contributed by atoms with Crippen molar-refractivity contribution in [2.45, 2.75) is 115 Å². The van der Waals surface area contributed by atoms with Gasteiger partial charge in [0.15, 0.2) is 0 Å². The number of likely N-dealkylation sites (tertiary alicyclic amines) is 2. The SMILES string of the molecule is CN1C(C)(C)CC(OP(=O)(Oc2ccccc2)OC2CC(C)(C)N(C)C(C)(C)C2)CC1(C)C. The van der Waals surface area contributed by atoms with Crippen LogP contribution in [0.25, 0.3) is 0 Å². The first-order valence-corrected chi connectivity index (χ1v) is 13.6. The number of rotatable bonds is 6. The maximum absolute atomic E-state index is 14.2. The van der Waals surface area contributed by atoms with E-state index >= 15 is 0 Å². The molecule has 1 aromatic rings. The topological polar surface area (TPSA) is 51.2 Å². The molecule has 0 saturated carbocycles. The van der Waals surface area contributed by atoms with Gasteiger partial charge in [0.25, 0.3) is 0 Å². The zero-order valence-corrected chi connectivity index (χ0v) is 23.2. The first kappa shape index (κ1) is 26.7. The molecule has 0 aromatic heterocycles. The van der Waals surface area contributed by atoms with E-state index in [4.69, 9.17) is 13.6 Å². The van der Waals surface area contributed by atoms with Crippen molar-refractivity contribution in [1.82, 2.24) is 9.80 Å². The van der Waals surface area contributed by atoms with Gasteiger partial charge in [-0.2, -0.15) is 0 Å². The second-order valence-corrected chi connectivity index (χ2v) is 14.0. The van der Waals surface area contributed by atoms with Gasteiger partial charge in [-0.1, -0.05) is 18.2 Å². The minimum absolute atomic E-state index is 0.0957. The van der Waals surface area contributed by atoms with E-state index in [1.807, 2.05) is 18.2 Å². The van der Waals surface area contributed by atoms with Crippen LogP contribution < -0.4 is 4.52 Å². The van der Waals surface area contributed by atoms with Crippen LogP contribution in [0.4, 0.5) is 0 Å². The molecule has 188 valence electrons. The lowest BCUT2D eigenvalue weighted by atomic mass is 9.79. The fourth-order valence-electron chi connectivity index (χ4n) is 5.75. The summed E-state index contributed by atoms with van der Waals surface area (Å²) >= 11 is 0. The quantitative estimate of drug-likeness (QED) is 0.433. The van der Waals surface area contributed by atoms with Gasteiger partial charge in [-0.15, -0.1) is 0 Å². The molecule has 1 aromatic carbocycles. The average Bonchev–Trinajstić information content (AvgIpc) is 2.63. The van der Waals surface area contributed by atoms with Gasteiger partial charge in [0.2, 0.25) is 0 Å². The van der Waals surface area contributed by atoms with Crippen molar-refractivity contribution >= 4 is 7.82 Å². The van der Waals surface area contributed by atoms with E-state index in [1.165, 1.54) is 0 Å². The number of hydrogen-bond acceptors (Lipinski definition) is 6. The molecule has 7 heteroatoms. The first-order valence-electron chi connectivity index (χ1n) is 12.2. The summed E-state index contributed by atoms with van der Waals surface area (Å²) in [5.74, 6) is 0.499. The lowest BCUT2D eigenvalue weighted by Gasteiger charge is -2.54. The predicted octanol–water partition coefficient (Wildman–Crippen LogP) is 6.51. The minimum atomic E-state index is -3.88. The van der Waals surface area contributed by atoms with Crippen LogP contribution in [0.2, 0.25) is 0 Å². The monoisotopic (exact) mass is 480 g/mol. The molecule has 0 N–H and O–H groups in total. The zero-order chi connectivity index (χ0) is 24.9. The number of phosphoric ester groups is 1. The largest absolute Gasteiger partial charge is 0.530 e. The maximum atomic E-state index is 14.2. The minimum Gasteiger partial charge on any atom is -0.404 e. The van der Waals surface area contributed by atoms with Gasteiger partial charge in [0.05, 0.1) is 12.2 Å². The molecular formula is C26H45N2O4P. The summed E-state index contributed by atoms with van der Waals surface area (Å²) in [5.41, 5.74) is -0.383. The number of piperidine rings is 2. The Morgan fingerprint density at radius 1 is 0.697 bits per heavy atom. The molecule has 0 amide bonds. The second kappa shape index (κ2) is 8.95. The van der Waals surface area contributed by atoms with Crippen LogP contribution in [0.15, 0.2) is 30.3 Å². The normalized spacial score (nSPS) is 26.2. The summed E-state index contributed by atoms with van der Waals surface area (Å²) in [4.78, 5) is 4.76. The molecule has 0 atom stereocenters. The van der Waals surface area contributed by atoms with Gasteiger partial charge in [0.1, 0.15) is 5.75 Å². The van der Waals surface area contributed by atoms with E-state index in [1.54, 1.807) is 12.1 Å². The van der Waals surface area contributed by atoms with Crippen molar-refractivity contribution in [3.63, 3.8) is 0 Å². The fourth-order valence-corrected chi connectivity index (χ4v) is 7.30. The molecule has 33 heavy (non-hydrogen) atoms. The molecule has 0 aliphatic carbocycles. The van der Waals surface area contributed by atoms with E-state index in [9.17, 15) is 4.57 Å². The van der Waals surface area contributed by atoms with Crippen molar-refractivity contribution in [2.24, 2.45) is 0 Å². The number of para-hydroxylation sites is 1. The first-order chi connectivity index (χ1) is 15.0. The lowest BCUT2D eigenvalue weighted by molar-refractivity contribution is -0.0814. The van der Waals surface area contributed by atoms with Crippen molar-refractivity contribution in [2.75, 3.05) is 14.1 Å². The number of benzene rings is 1. The summed E-state index contributed by atoms with van der Waals surface area (Å²) in [5, 5.41) is 0. The van der Waals surface area contributed by atoms with E-state index in [2.05, 4.69) is 79.3 Å². The molecule has 2 saturated heterocycles. The Kier molecular flexibility index (Phi) is 7.24. The van der Waals surface area contributed by atoms with Crippen LogP contribution in [0.1, 0.15) is 81.1 Å². The smallest absolute Gasteiger partial charge is 0.404 e. The van der Waals surface area contributed by atoms with Gasteiger partial charge in [-0.05, 0) is 107 Å². The van der Waals surface area contributed by atoms with Crippen LogP contribution in [0.3, 0.4) is 0 Å². The summed E-state index contributed by atoms with van der Waals surface area (Å²) < 4.78 is 32.9. The van der Waals surface area contributed by atoms with Gasteiger partial charge in [0, 0.05) is 22.2 Å². The fraction of sp³-hybridized carbons (Fsp3) is 0.769. The predicted molar refractivity (Wildman–Crippen MR) is 135 cm³/mol. The van der Waals surface area contributed by atoms with Gasteiger partial charge >= 0.3 is 7.82 Å². The Labute approximate surface area is 201 Å². The van der Waals surface area contributed by atoms with E-state index < -0.39 is 7.82 Å². The molecule has 2 aliphatic rings. The zero-order valence-electron chi connectivity index (χ0n) is 22.3.